The summed E-state index contributed by atoms with van der Waals surface area (Å²) < 4.78 is 28.1. The molecule has 4 aromatic rings. The van der Waals surface area contributed by atoms with Gasteiger partial charge < -0.3 is 14.8 Å². The Balaban J connectivity index is 1.48. The fraction of sp³-hybridized carbons (Fsp3) is 0.250. The van der Waals surface area contributed by atoms with Crippen LogP contribution in [0.5, 0.6) is 5.75 Å². The van der Waals surface area contributed by atoms with Gasteiger partial charge in [-0.25, -0.2) is 9.18 Å². The van der Waals surface area contributed by atoms with Crippen LogP contribution in [0.25, 0.3) is 10.9 Å². The molecule has 1 unspecified atom stereocenters. The summed E-state index contributed by atoms with van der Waals surface area (Å²) in [5, 5.41) is 12.7. The molecule has 3 aliphatic heterocycles. The van der Waals surface area contributed by atoms with Gasteiger partial charge in [-0.05, 0) is 35.9 Å². The van der Waals surface area contributed by atoms with Crippen LogP contribution in [0, 0.1) is 5.82 Å². The van der Waals surface area contributed by atoms with Crippen molar-refractivity contribution in [1.82, 2.24) is 15.1 Å². The first-order valence-corrected chi connectivity index (χ1v) is 13.0. The zero-order valence-corrected chi connectivity index (χ0v) is 22.2. The first-order valence-electron chi connectivity index (χ1n) is 12.3. The number of nitrogens with zero attached hydrogens (tertiary/aromatic N) is 2. The van der Waals surface area contributed by atoms with E-state index in [1.165, 1.54) is 20.3 Å². The summed E-state index contributed by atoms with van der Waals surface area (Å²) in [5.41, 5.74) is 1.89. The van der Waals surface area contributed by atoms with Gasteiger partial charge in [0, 0.05) is 45.7 Å². The molecule has 0 saturated carbocycles. The summed E-state index contributed by atoms with van der Waals surface area (Å²) >= 11 is 12.5. The molecule has 1 fully saturated rings. The summed E-state index contributed by atoms with van der Waals surface area (Å²) in [6.45, 7) is 0. The molecular formula is C28H21Cl2FN4O4. The number of anilines is 1. The predicted molar refractivity (Wildman–Crippen MR) is 143 cm³/mol. The summed E-state index contributed by atoms with van der Waals surface area (Å²) in [6.07, 6.45) is 0.512. The van der Waals surface area contributed by atoms with Crippen LogP contribution in [0.3, 0.4) is 0 Å². The van der Waals surface area contributed by atoms with Gasteiger partial charge in [-0.15, -0.1) is 0 Å². The van der Waals surface area contributed by atoms with E-state index in [2.05, 4.69) is 10.6 Å². The lowest BCUT2D eigenvalue weighted by molar-refractivity contribution is -0.122. The fourth-order valence-corrected chi connectivity index (χ4v) is 7.06. The van der Waals surface area contributed by atoms with E-state index >= 15 is 4.39 Å². The molecule has 1 saturated heterocycles. The second kappa shape index (κ2) is 8.42. The smallest absolute Gasteiger partial charge is 0.341 e. The topological polar surface area (TPSA) is 94.5 Å². The van der Waals surface area contributed by atoms with E-state index in [0.29, 0.717) is 39.5 Å². The number of fused-ring (bicyclic) bond motifs is 7. The predicted octanol–water partition coefficient (Wildman–Crippen LogP) is 4.98. The van der Waals surface area contributed by atoms with E-state index in [1.54, 1.807) is 36.4 Å². The van der Waals surface area contributed by atoms with Gasteiger partial charge in [0.1, 0.15) is 22.4 Å². The van der Waals surface area contributed by atoms with Crippen LogP contribution in [0.1, 0.15) is 39.1 Å². The maximum absolute atomic E-state index is 15.8. The summed E-state index contributed by atoms with van der Waals surface area (Å²) in [7, 11) is 2.77. The lowest BCUT2D eigenvalue weighted by atomic mass is 9.74. The molecule has 0 bridgehead atoms. The third-order valence-corrected chi connectivity index (χ3v) is 8.72. The first kappa shape index (κ1) is 24.4. The van der Waals surface area contributed by atoms with Gasteiger partial charge in [0.25, 0.3) is 0 Å². The molecule has 1 spiro atoms. The first-order chi connectivity index (χ1) is 18.8. The second-order valence-corrected chi connectivity index (χ2v) is 10.8. The minimum atomic E-state index is -1.29. The molecule has 11 heteroatoms. The number of hydrogen-bond acceptors (Lipinski definition) is 6. The Morgan fingerprint density at radius 3 is 2.77 bits per heavy atom. The SMILES string of the molecule is COC(=O)c1ccc2c3n(nc2c1OC)C1[C@H](C3)N[C@@]2(C(=O)Nc3cc(Cl)ccc32)[C@H]1c1cccc(Cl)c1F. The minimum Gasteiger partial charge on any atom is -0.493 e. The standard InChI is InChI=1S/C28H21Cl2FN4O4/c1-38-25-15(26(36)39-2)8-7-13-20-11-19-24(35(20)34-23(13)25)21(14-4-3-5-17(30)22(14)31)28(33-19)16-9-6-12(29)10-18(16)32-27(28)37/h3-10,19,21,24,33H,11H2,1-2H3,(H,32,37)/t19-,21-,24?,28+/m0/s1. The molecule has 198 valence electrons. The lowest BCUT2D eigenvalue weighted by Crippen LogP contribution is -2.49. The van der Waals surface area contributed by atoms with Crippen LogP contribution in [-0.4, -0.2) is 41.9 Å². The van der Waals surface area contributed by atoms with Crippen LogP contribution in [-0.2, 0) is 21.5 Å². The highest BCUT2D eigenvalue weighted by Gasteiger charge is 2.65. The molecule has 1 aromatic heterocycles. The highest BCUT2D eigenvalue weighted by atomic mass is 35.5. The number of halogens is 3. The van der Waals surface area contributed by atoms with Crippen molar-refractivity contribution >= 4 is 51.7 Å². The summed E-state index contributed by atoms with van der Waals surface area (Å²) in [4.78, 5) is 26.2. The molecule has 2 N–H and O–H groups in total. The van der Waals surface area contributed by atoms with Crippen molar-refractivity contribution in [3.63, 3.8) is 0 Å². The number of benzene rings is 3. The van der Waals surface area contributed by atoms with Gasteiger partial charge in [0.05, 0.1) is 25.3 Å². The van der Waals surface area contributed by atoms with E-state index in [9.17, 15) is 9.59 Å². The van der Waals surface area contributed by atoms with E-state index in [4.69, 9.17) is 37.8 Å². The van der Waals surface area contributed by atoms with Crippen LogP contribution in [0.4, 0.5) is 10.1 Å². The average Bonchev–Trinajstić information content (AvgIpc) is 3.62. The van der Waals surface area contributed by atoms with Gasteiger partial charge in [-0.2, -0.15) is 5.10 Å². The van der Waals surface area contributed by atoms with Gasteiger partial charge in [-0.3, -0.25) is 14.8 Å². The number of methoxy groups -OCH3 is 2. The largest absolute Gasteiger partial charge is 0.493 e. The fourth-order valence-electron chi connectivity index (χ4n) is 6.71. The zero-order valence-electron chi connectivity index (χ0n) is 20.7. The molecule has 8 nitrogen and oxygen atoms in total. The van der Waals surface area contributed by atoms with Crippen LogP contribution in [0.15, 0.2) is 48.5 Å². The summed E-state index contributed by atoms with van der Waals surface area (Å²) in [6, 6.07) is 12.8. The molecular weight excluding hydrogens is 546 g/mol. The highest BCUT2D eigenvalue weighted by molar-refractivity contribution is 6.31. The Morgan fingerprint density at radius 1 is 1.18 bits per heavy atom. The van der Waals surface area contributed by atoms with Crippen molar-refractivity contribution in [2.24, 2.45) is 0 Å². The maximum Gasteiger partial charge on any atom is 0.341 e. The van der Waals surface area contributed by atoms with Crippen molar-refractivity contribution in [3.05, 3.63) is 86.8 Å². The molecule has 4 atom stereocenters. The third kappa shape index (κ3) is 3.12. The normalized spacial score (nSPS) is 24.5. The van der Waals surface area contributed by atoms with E-state index in [0.717, 1.165) is 11.1 Å². The van der Waals surface area contributed by atoms with Crippen molar-refractivity contribution in [2.75, 3.05) is 19.5 Å². The summed E-state index contributed by atoms with van der Waals surface area (Å²) in [5.74, 6) is -1.86. The zero-order chi connectivity index (χ0) is 27.2. The number of nitrogens with one attached hydrogen (secondary N) is 2. The third-order valence-electron chi connectivity index (χ3n) is 8.19. The van der Waals surface area contributed by atoms with Crippen molar-refractivity contribution in [3.8, 4) is 5.75 Å². The van der Waals surface area contributed by atoms with Crippen molar-refractivity contribution in [2.45, 2.75) is 30.0 Å². The van der Waals surface area contributed by atoms with E-state index in [1.807, 2.05) is 10.7 Å². The molecule has 3 aromatic carbocycles. The Labute approximate surface area is 232 Å². The molecule has 4 heterocycles. The van der Waals surface area contributed by atoms with Crippen LogP contribution >= 0.6 is 23.2 Å². The maximum atomic E-state index is 15.8. The van der Waals surface area contributed by atoms with E-state index in [-0.39, 0.29) is 22.5 Å². The van der Waals surface area contributed by atoms with Gasteiger partial charge in [0.2, 0.25) is 5.91 Å². The highest BCUT2D eigenvalue weighted by Crippen LogP contribution is 2.59. The number of aromatic nitrogens is 2. The van der Waals surface area contributed by atoms with Gasteiger partial charge in [-0.1, -0.05) is 41.4 Å². The Bertz CT molecular complexity index is 1740. The van der Waals surface area contributed by atoms with Crippen molar-refractivity contribution < 1.29 is 23.5 Å². The number of esters is 1. The number of amides is 1. The number of carbonyl (C=O) groups is 2. The van der Waals surface area contributed by atoms with Gasteiger partial charge >= 0.3 is 5.97 Å². The molecule has 39 heavy (non-hydrogen) atoms. The van der Waals surface area contributed by atoms with Gasteiger partial charge in [0.15, 0.2) is 5.75 Å². The number of carbonyl (C=O) groups excluding carboxylic acids is 2. The molecule has 0 aliphatic carbocycles. The molecule has 3 aliphatic rings. The Hall–Kier alpha value is -3.66. The Kier molecular flexibility index (Phi) is 5.26. The van der Waals surface area contributed by atoms with Crippen LogP contribution < -0.4 is 15.4 Å². The molecule has 0 radical (unpaired) electrons. The molecule has 7 rings (SSSR count). The lowest BCUT2D eigenvalue weighted by Gasteiger charge is -2.33. The number of hydrogen-bond donors (Lipinski definition) is 2. The second-order valence-electron chi connectivity index (χ2n) is 9.94. The number of ether oxygens (including phenoxy) is 2. The Morgan fingerprint density at radius 2 is 2.00 bits per heavy atom. The van der Waals surface area contributed by atoms with E-state index < -0.39 is 29.3 Å². The van der Waals surface area contributed by atoms with Crippen LogP contribution in [0.2, 0.25) is 10.0 Å². The average molecular weight is 567 g/mol. The number of rotatable bonds is 3. The molecule has 1 amide bonds. The monoisotopic (exact) mass is 566 g/mol. The quantitative estimate of drug-likeness (QED) is 0.340. The minimum absolute atomic E-state index is 0.0333. The van der Waals surface area contributed by atoms with Crippen molar-refractivity contribution in [1.29, 1.82) is 0 Å².